The minimum atomic E-state index is 0.249. The van der Waals surface area contributed by atoms with Crippen LogP contribution in [0.3, 0.4) is 0 Å². The van der Waals surface area contributed by atoms with E-state index in [4.69, 9.17) is 0 Å². The SMILES string of the molecule is Cc1ccc(O)c(C23CC4CC(C)(CC(C)(C4)C2)C3)c1. The molecule has 1 nitrogen and oxygen atoms in total. The van der Waals surface area contributed by atoms with Crippen LogP contribution >= 0.6 is 0 Å². The van der Waals surface area contributed by atoms with E-state index < -0.39 is 0 Å². The van der Waals surface area contributed by atoms with Gasteiger partial charge < -0.3 is 5.11 Å². The van der Waals surface area contributed by atoms with Crippen LogP contribution in [0.25, 0.3) is 0 Å². The molecule has 0 saturated heterocycles. The molecule has 4 fully saturated rings. The van der Waals surface area contributed by atoms with Gasteiger partial charge >= 0.3 is 0 Å². The van der Waals surface area contributed by atoms with E-state index in [2.05, 4.69) is 26.8 Å². The maximum Gasteiger partial charge on any atom is 0.119 e. The van der Waals surface area contributed by atoms with Crippen LogP contribution in [0.4, 0.5) is 0 Å². The predicted octanol–water partition coefficient (Wildman–Crippen LogP) is 4.95. The van der Waals surface area contributed by atoms with Gasteiger partial charge in [-0.2, -0.15) is 0 Å². The Hall–Kier alpha value is -0.980. The van der Waals surface area contributed by atoms with E-state index in [1.807, 2.05) is 12.1 Å². The van der Waals surface area contributed by atoms with Crippen molar-refractivity contribution >= 4 is 0 Å². The Kier molecular flexibility index (Phi) is 2.30. The fraction of sp³-hybridized carbons (Fsp3) is 0.684. The Morgan fingerprint density at radius 2 is 1.65 bits per heavy atom. The molecular formula is C19H26O. The van der Waals surface area contributed by atoms with Crippen molar-refractivity contribution in [2.24, 2.45) is 16.7 Å². The Balaban J connectivity index is 1.86. The number of rotatable bonds is 1. The number of phenols is 1. The number of phenolic OH excluding ortho intramolecular Hbond substituents is 1. The molecule has 0 radical (unpaired) electrons. The summed E-state index contributed by atoms with van der Waals surface area (Å²) in [4.78, 5) is 0. The molecule has 2 atom stereocenters. The molecule has 0 spiro atoms. The molecule has 1 heteroatoms. The summed E-state index contributed by atoms with van der Waals surface area (Å²) in [5.74, 6) is 1.41. The summed E-state index contributed by atoms with van der Waals surface area (Å²) in [5.41, 5.74) is 3.79. The zero-order chi connectivity index (χ0) is 14.2. The third-order valence-corrected chi connectivity index (χ3v) is 6.35. The van der Waals surface area contributed by atoms with Gasteiger partial charge in [-0.3, -0.25) is 0 Å². The van der Waals surface area contributed by atoms with Crippen molar-refractivity contribution in [2.75, 3.05) is 0 Å². The maximum absolute atomic E-state index is 10.5. The zero-order valence-electron chi connectivity index (χ0n) is 13.0. The van der Waals surface area contributed by atoms with Crippen LogP contribution in [-0.2, 0) is 5.41 Å². The Morgan fingerprint density at radius 1 is 1.00 bits per heavy atom. The summed E-state index contributed by atoms with van der Waals surface area (Å²) in [7, 11) is 0. The molecule has 0 aromatic heterocycles. The van der Waals surface area contributed by atoms with Crippen LogP contribution < -0.4 is 0 Å². The summed E-state index contributed by atoms with van der Waals surface area (Å²) in [5, 5.41) is 10.5. The molecule has 4 aliphatic carbocycles. The van der Waals surface area contributed by atoms with Gasteiger partial charge in [-0.15, -0.1) is 0 Å². The molecule has 5 rings (SSSR count). The highest BCUT2D eigenvalue weighted by Gasteiger charge is 2.60. The van der Waals surface area contributed by atoms with E-state index in [0.717, 1.165) is 5.92 Å². The quantitative estimate of drug-likeness (QED) is 0.765. The highest BCUT2D eigenvalue weighted by Crippen LogP contribution is 2.70. The topological polar surface area (TPSA) is 20.2 Å². The molecule has 108 valence electrons. The maximum atomic E-state index is 10.5. The molecule has 1 aromatic rings. The lowest BCUT2D eigenvalue weighted by molar-refractivity contribution is -0.110. The monoisotopic (exact) mass is 270 g/mol. The number of hydrogen-bond acceptors (Lipinski definition) is 1. The van der Waals surface area contributed by atoms with Gasteiger partial charge in [0, 0.05) is 11.0 Å². The first kappa shape index (κ1) is 12.7. The number of benzene rings is 1. The molecule has 4 bridgehead atoms. The van der Waals surface area contributed by atoms with E-state index >= 15 is 0 Å². The lowest BCUT2D eigenvalue weighted by Crippen LogP contribution is -2.56. The van der Waals surface area contributed by atoms with Crippen molar-refractivity contribution in [3.8, 4) is 5.75 Å². The molecular weight excluding hydrogens is 244 g/mol. The molecule has 4 saturated carbocycles. The first-order chi connectivity index (χ1) is 9.32. The minimum absolute atomic E-state index is 0.249. The third kappa shape index (κ3) is 1.68. The van der Waals surface area contributed by atoms with Crippen molar-refractivity contribution in [1.82, 2.24) is 0 Å². The van der Waals surface area contributed by atoms with Gasteiger partial charge in [0.15, 0.2) is 0 Å². The molecule has 1 N–H and O–H groups in total. The molecule has 0 aliphatic heterocycles. The number of aryl methyl sites for hydroxylation is 1. The van der Waals surface area contributed by atoms with Gasteiger partial charge in [-0.05, 0) is 68.3 Å². The normalized spacial score (nSPS) is 45.9. The Labute approximate surface area is 122 Å². The van der Waals surface area contributed by atoms with Gasteiger partial charge in [-0.1, -0.05) is 31.5 Å². The van der Waals surface area contributed by atoms with Gasteiger partial charge in [0.05, 0.1) is 0 Å². The van der Waals surface area contributed by atoms with Crippen LogP contribution in [0.2, 0.25) is 0 Å². The summed E-state index contributed by atoms with van der Waals surface area (Å²) in [6.07, 6.45) is 8.08. The van der Waals surface area contributed by atoms with Crippen molar-refractivity contribution in [2.45, 2.75) is 64.7 Å². The van der Waals surface area contributed by atoms with Gasteiger partial charge in [0.2, 0.25) is 0 Å². The van der Waals surface area contributed by atoms with E-state index in [1.54, 1.807) is 0 Å². The van der Waals surface area contributed by atoms with Crippen LogP contribution in [0.5, 0.6) is 5.75 Å². The van der Waals surface area contributed by atoms with Crippen molar-refractivity contribution in [3.05, 3.63) is 29.3 Å². The second kappa shape index (κ2) is 3.61. The highest BCUT2D eigenvalue weighted by molar-refractivity contribution is 5.43. The average Bonchev–Trinajstić information content (AvgIpc) is 2.27. The first-order valence-electron chi connectivity index (χ1n) is 8.12. The third-order valence-electron chi connectivity index (χ3n) is 6.35. The second-order valence-corrected chi connectivity index (χ2v) is 8.93. The highest BCUT2D eigenvalue weighted by atomic mass is 16.3. The van der Waals surface area contributed by atoms with Gasteiger partial charge in [0.1, 0.15) is 5.75 Å². The number of hydrogen-bond donors (Lipinski definition) is 1. The van der Waals surface area contributed by atoms with E-state index in [9.17, 15) is 5.11 Å². The molecule has 0 amide bonds. The van der Waals surface area contributed by atoms with Gasteiger partial charge in [0.25, 0.3) is 0 Å². The lowest BCUT2D eigenvalue weighted by Gasteiger charge is -2.65. The minimum Gasteiger partial charge on any atom is -0.508 e. The summed E-state index contributed by atoms with van der Waals surface area (Å²) < 4.78 is 0. The predicted molar refractivity (Wildman–Crippen MR) is 81.9 cm³/mol. The second-order valence-electron chi connectivity index (χ2n) is 8.93. The lowest BCUT2D eigenvalue weighted by atomic mass is 9.39. The van der Waals surface area contributed by atoms with E-state index in [1.165, 1.54) is 49.7 Å². The molecule has 2 unspecified atom stereocenters. The molecule has 1 aromatic carbocycles. The van der Waals surface area contributed by atoms with Crippen molar-refractivity contribution in [1.29, 1.82) is 0 Å². The average molecular weight is 270 g/mol. The van der Waals surface area contributed by atoms with Crippen LogP contribution in [0.15, 0.2) is 18.2 Å². The molecule has 0 heterocycles. The van der Waals surface area contributed by atoms with Crippen LogP contribution in [0, 0.1) is 23.7 Å². The fourth-order valence-corrected chi connectivity index (χ4v) is 6.82. The standard InChI is InChI=1S/C19H26O/c1-13-4-5-16(20)15(6-13)19-9-14-7-17(2,11-19)10-18(3,8-14)12-19/h4-6,14,20H,7-12H2,1-3H3. The van der Waals surface area contributed by atoms with E-state index in [0.29, 0.717) is 16.6 Å². The molecule has 4 aliphatic rings. The zero-order valence-corrected chi connectivity index (χ0v) is 13.0. The van der Waals surface area contributed by atoms with Crippen molar-refractivity contribution < 1.29 is 5.11 Å². The van der Waals surface area contributed by atoms with Crippen molar-refractivity contribution in [3.63, 3.8) is 0 Å². The van der Waals surface area contributed by atoms with Crippen LogP contribution in [-0.4, -0.2) is 5.11 Å². The fourth-order valence-electron chi connectivity index (χ4n) is 6.82. The largest absolute Gasteiger partial charge is 0.508 e. The summed E-state index contributed by atoms with van der Waals surface area (Å²) in [6, 6.07) is 6.20. The van der Waals surface area contributed by atoms with E-state index in [-0.39, 0.29) is 5.41 Å². The van der Waals surface area contributed by atoms with Gasteiger partial charge in [-0.25, -0.2) is 0 Å². The summed E-state index contributed by atoms with van der Waals surface area (Å²) in [6.45, 7) is 7.14. The Bertz CT molecular complexity index is 555. The Morgan fingerprint density at radius 3 is 2.25 bits per heavy atom. The smallest absolute Gasteiger partial charge is 0.119 e. The summed E-state index contributed by atoms with van der Waals surface area (Å²) >= 11 is 0. The molecule has 20 heavy (non-hydrogen) atoms. The number of aromatic hydroxyl groups is 1. The first-order valence-corrected chi connectivity index (χ1v) is 8.12. The van der Waals surface area contributed by atoms with Crippen LogP contribution in [0.1, 0.15) is 63.5 Å².